The molecule has 2 saturated heterocycles. The zero-order chi connectivity index (χ0) is 30.3. The van der Waals surface area contributed by atoms with E-state index in [9.17, 15) is 19.2 Å². The average Bonchev–Trinajstić information content (AvgIpc) is 3.74. The number of rotatable bonds is 14. The number of aryl methyl sites for hydroxylation is 1. The second-order valence-corrected chi connectivity index (χ2v) is 11.3. The molecule has 2 aliphatic heterocycles. The largest absolute Gasteiger partial charge is 0.497 e. The second-order valence-electron chi connectivity index (χ2n) is 11.3. The van der Waals surface area contributed by atoms with Crippen molar-refractivity contribution >= 4 is 23.4 Å². The molecule has 0 aromatic heterocycles. The number of hydrogen-bond donors (Lipinski definition) is 2. The molecule has 0 spiro atoms. The average molecular weight is 580 g/mol. The number of carbonyl (C=O) groups is 4. The number of ketones is 2. The molecule has 4 rings (SSSR count). The number of benzene rings is 2. The Morgan fingerprint density at radius 3 is 2.24 bits per heavy atom. The second kappa shape index (κ2) is 14.0. The van der Waals surface area contributed by atoms with E-state index in [2.05, 4.69) is 10.6 Å². The molecule has 2 N–H and O–H groups in total. The molecule has 2 amide bonds. The number of ether oxygens (including phenoxy) is 3. The molecule has 2 aliphatic rings. The van der Waals surface area contributed by atoms with Crippen molar-refractivity contribution in [3.63, 3.8) is 0 Å². The smallest absolute Gasteiger partial charge is 0.234 e. The van der Waals surface area contributed by atoms with Gasteiger partial charge in [-0.05, 0) is 50.5 Å². The number of morpholine rings is 1. The monoisotopic (exact) mass is 579 g/mol. The lowest BCUT2D eigenvalue weighted by molar-refractivity contribution is -0.134. The van der Waals surface area contributed by atoms with Gasteiger partial charge in [0, 0.05) is 25.4 Å². The van der Waals surface area contributed by atoms with Crippen LogP contribution in [-0.2, 0) is 35.1 Å². The van der Waals surface area contributed by atoms with Gasteiger partial charge in [-0.1, -0.05) is 42.0 Å². The molecule has 2 aromatic rings. The Balaban J connectivity index is 1.49. The third-order valence-electron chi connectivity index (χ3n) is 7.85. The molecule has 2 heterocycles. The lowest BCUT2D eigenvalue weighted by Crippen LogP contribution is -2.48. The highest BCUT2D eigenvalue weighted by molar-refractivity contribution is 5.98. The SMILES string of the molecule is COc1ccc(C[C@H](CC(=O)[C@H](C)NC(=O)CN2CCOCC2)C(=O)N[C@H](C(=O)[C@@]2(C)CO2)c2ccc(C)cc2)cc1. The first-order valence-corrected chi connectivity index (χ1v) is 14.4. The van der Waals surface area contributed by atoms with E-state index in [1.165, 1.54) is 0 Å². The number of hydrogen-bond acceptors (Lipinski definition) is 8. The summed E-state index contributed by atoms with van der Waals surface area (Å²) in [4.78, 5) is 55.2. The molecule has 4 atom stereocenters. The Morgan fingerprint density at radius 2 is 1.64 bits per heavy atom. The first kappa shape index (κ1) is 31.3. The molecular formula is C32H41N3O7. The van der Waals surface area contributed by atoms with Crippen molar-refractivity contribution in [1.29, 1.82) is 0 Å². The fourth-order valence-corrected chi connectivity index (χ4v) is 4.93. The summed E-state index contributed by atoms with van der Waals surface area (Å²) >= 11 is 0. The van der Waals surface area contributed by atoms with Gasteiger partial charge in [0.25, 0.3) is 0 Å². The van der Waals surface area contributed by atoms with Gasteiger partial charge < -0.3 is 24.8 Å². The van der Waals surface area contributed by atoms with Crippen LogP contribution in [0.1, 0.15) is 43.0 Å². The van der Waals surface area contributed by atoms with Crippen LogP contribution >= 0.6 is 0 Å². The molecule has 42 heavy (non-hydrogen) atoms. The summed E-state index contributed by atoms with van der Waals surface area (Å²) in [5.74, 6) is -1.29. The first-order valence-electron chi connectivity index (χ1n) is 14.4. The zero-order valence-corrected chi connectivity index (χ0v) is 24.8. The topological polar surface area (TPSA) is 127 Å². The van der Waals surface area contributed by atoms with Crippen LogP contribution in [0.5, 0.6) is 5.75 Å². The van der Waals surface area contributed by atoms with Gasteiger partial charge in [0.05, 0.1) is 39.5 Å². The molecule has 0 aliphatic carbocycles. The summed E-state index contributed by atoms with van der Waals surface area (Å²) in [6, 6.07) is 13.0. The van der Waals surface area contributed by atoms with Crippen LogP contribution in [0.3, 0.4) is 0 Å². The lowest BCUT2D eigenvalue weighted by atomic mass is 9.89. The van der Waals surface area contributed by atoms with E-state index in [1.807, 2.05) is 48.2 Å². The highest BCUT2D eigenvalue weighted by atomic mass is 16.6. The van der Waals surface area contributed by atoms with Gasteiger partial charge in [0.2, 0.25) is 11.8 Å². The highest BCUT2D eigenvalue weighted by Gasteiger charge is 2.50. The maximum absolute atomic E-state index is 13.8. The van der Waals surface area contributed by atoms with Gasteiger partial charge >= 0.3 is 0 Å². The maximum atomic E-state index is 13.8. The Bertz CT molecular complexity index is 1250. The van der Waals surface area contributed by atoms with Crippen molar-refractivity contribution < 1.29 is 33.4 Å². The minimum atomic E-state index is -0.955. The normalized spacial score (nSPS) is 20.6. The fraction of sp³-hybridized carbons (Fsp3) is 0.500. The number of methoxy groups -OCH3 is 1. The molecule has 0 saturated carbocycles. The summed E-state index contributed by atoms with van der Waals surface area (Å²) in [6.07, 6.45) is 0.151. The quantitative estimate of drug-likeness (QED) is 0.326. The third-order valence-corrected chi connectivity index (χ3v) is 7.85. The molecule has 226 valence electrons. The van der Waals surface area contributed by atoms with E-state index in [1.54, 1.807) is 33.1 Å². The summed E-state index contributed by atoms with van der Waals surface area (Å²) in [5, 5.41) is 5.71. The minimum absolute atomic E-state index is 0.112. The van der Waals surface area contributed by atoms with Gasteiger partial charge in [0.15, 0.2) is 11.6 Å². The molecule has 2 aromatic carbocycles. The Morgan fingerprint density at radius 1 is 1.00 bits per heavy atom. The molecule has 0 bridgehead atoms. The van der Waals surface area contributed by atoms with Crippen LogP contribution in [0.15, 0.2) is 48.5 Å². The fourth-order valence-electron chi connectivity index (χ4n) is 4.93. The van der Waals surface area contributed by atoms with E-state index < -0.39 is 29.5 Å². The Kier molecular flexibility index (Phi) is 10.5. The third kappa shape index (κ3) is 8.47. The van der Waals surface area contributed by atoms with Crippen molar-refractivity contribution in [1.82, 2.24) is 15.5 Å². The van der Waals surface area contributed by atoms with Crippen molar-refractivity contribution in [2.45, 2.75) is 51.3 Å². The van der Waals surface area contributed by atoms with Crippen molar-refractivity contribution in [2.24, 2.45) is 5.92 Å². The number of amides is 2. The van der Waals surface area contributed by atoms with E-state index >= 15 is 0 Å². The predicted octanol–water partition coefficient (Wildman–Crippen LogP) is 2.17. The van der Waals surface area contributed by atoms with Crippen molar-refractivity contribution in [3.05, 3.63) is 65.2 Å². The molecule has 10 nitrogen and oxygen atoms in total. The number of nitrogens with one attached hydrogen (secondary N) is 2. The van der Waals surface area contributed by atoms with Crippen molar-refractivity contribution in [2.75, 3.05) is 46.6 Å². The van der Waals surface area contributed by atoms with Gasteiger partial charge in [-0.25, -0.2) is 0 Å². The molecule has 0 unspecified atom stereocenters. The van der Waals surface area contributed by atoms with Crippen LogP contribution in [0, 0.1) is 12.8 Å². The number of epoxide rings is 1. The van der Waals surface area contributed by atoms with Crippen LogP contribution < -0.4 is 15.4 Å². The van der Waals surface area contributed by atoms with Crippen LogP contribution in [-0.4, -0.2) is 86.5 Å². The van der Waals surface area contributed by atoms with Gasteiger partial charge in [-0.2, -0.15) is 0 Å². The first-order chi connectivity index (χ1) is 20.1. The van der Waals surface area contributed by atoms with E-state index in [0.717, 1.165) is 11.1 Å². The summed E-state index contributed by atoms with van der Waals surface area (Å²) in [6.45, 7) is 8.21. The van der Waals surface area contributed by atoms with Gasteiger partial charge in [-0.15, -0.1) is 0 Å². The summed E-state index contributed by atoms with van der Waals surface area (Å²) in [5.41, 5.74) is 1.55. The minimum Gasteiger partial charge on any atom is -0.497 e. The van der Waals surface area contributed by atoms with E-state index in [0.29, 0.717) is 44.2 Å². The van der Waals surface area contributed by atoms with Crippen LogP contribution in [0.25, 0.3) is 0 Å². The predicted molar refractivity (Wildman–Crippen MR) is 156 cm³/mol. The molecule has 10 heteroatoms. The number of carbonyl (C=O) groups excluding carboxylic acids is 4. The lowest BCUT2D eigenvalue weighted by Gasteiger charge is -2.27. The summed E-state index contributed by atoms with van der Waals surface area (Å²) < 4.78 is 16.0. The van der Waals surface area contributed by atoms with Gasteiger partial charge in [-0.3, -0.25) is 24.1 Å². The van der Waals surface area contributed by atoms with Crippen LogP contribution in [0.2, 0.25) is 0 Å². The standard InChI is InChI=1S/C32H41N3O7/c1-21-5-9-24(10-6-21)29(30(38)32(3)20-42-32)34-31(39)25(17-23-7-11-26(40-4)12-8-23)18-27(36)22(2)33-28(37)19-35-13-15-41-16-14-35/h5-12,22,25,29H,13-20H2,1-4H3,(H,33,37)(H,34,39)/t22-,25+,29-,32+/m0/s1. The number of nitrogens with zero attached hydrogens (tertiary/aromatic N) is 1. The number of Topliss-reactive ketones (excluding diaryl/α,β-unsaturated/α-hetero) is 2. The molecule has 0 radical (unpaired) electrons. The van der Waals surface area contributed by atoms with Crippen molar-refractivity contribution in [3.8, 4) is 5.75 Å². The Labute approximate surface area is 247 Å². The maximum Gasteiger partial charge on any atom is 0.234 e. The van der Waals surface area contributed by atoms with Crippen LogP contribution in [0.4, 0.5) is 0 Å². The van der Waals surface area contributed by atoms with E-state index in [-0.39, 0.29) is 36.9 Å². The summed E-state index contributed by atoms with van der Waals surface area (Å²) in [7, 11) is 1.57. The van der Waals surface area contributed by atoms with E-state index in [4.69, 9.17) is 14.2 Å². The molecule has 2 fully saturated rings. The molecular weight excluding hydrogens is 538 g/mol. The highest BCUT2D eigenvalue weighted by Crippen LogP contribution is 2.33. The Hall–Kier alpha value is -3.60. The zero-order valence-electron chi connectivity index (χ0n) is 24.8. The van der Waals surface area contributed by atoms with Gasteiger partial charge in [0.1, 0.15) is 17.4 Å².